The van der Waals surface area contributed by atoms with Gasteiger partial charge in [-0.3, -0.25) is 5.10 Å². The van der Waals surface area contributed by atoms with E-state index in [4.69, 9.17) is 16.9 Å². The second-order valence-electron chi connectivity index (χ2n) is 2.41. The van der Waals surface area contributed by atoms with Crippen molar-refractivity contribution in [2.75, 3.05) is 6.26 Å². The van der Waals surface area contributed by atoms with Crippen molar-refractivity contribution in [1.82, 2.24) is 20.2 Å². The largest absolute Gasteiger partial charge is 0.259 e. The molecule has 14 heavy (non-hydrogen) atoms. The predicted octanol–water partition coefficient (Wildman–Crippen LogP) is 1.60. The van der Waals surface area contributed by atoms with Gasteiger partial charge in [-0.1, -0.05) is 23.4 Å². The molecule has 1 N–H and O–H groups in total. The molecule has 5 nitrogen and oxygen atoms in total. The van der Waals surface area contributed by atoms with Gasteiger partial charge in [0, 0.05) is 0 Å². The molecule has 0 saturated heterocycles. The third-order valence-electron chi connectivity index (χ3n) is 1.64. The van der Waals surface area contributed by atoms with Gasteiger partial charge < -0.3 is 0 Å². The van der Waals surface area contributed by atoms with E-state index in [1.54, 1.807) is 0 Å². The van der Waals surface area contributed by atoms with Crippen molar-refractivity contribution in [3.05, 3.63) is 10.8 Å². The van der Waals surface area contributed by atoms with Crippen molar-refractivity contribution < 1.29 is 0 Å². The van der Waals surface area contributed by atoms with Gasteiger partial charge in [0.2, 0.25) is 0 Å². The number of rotatable bonds is 1. The molecule has 2 aromatic heterocycles. The quantitative estimate of drug-likeness (QED) is 0.453. The number of halogens is 1. The molecule has 0 fully saturated rings. The topological polar surface area (TPSA) is 78.2 Å². The Hall–Kier alpha value is -1.32. The Kier molecular flexibility index (Phi) is 2.27. The van der Waals surface area contributed by atoms with Crippen LogP contribution < -0.4 is 0 Å². The number of hydrogen-bond donors (Lipinski definition) is 1. The van der Waals surface area contributed by atoms with Crippen molar-refractivity contribution in [3.8, 4) is 6.07 Å². The number of H-pyrrole nitrogens is 1. The fraction of sp³-hybridized carbons (Fsp3) is 0.143. The Morgan fingerprint density at radius 1 is 1.50 bits per heavy atom. The van der Waals surface area contributed by atoms with Crippen LogP contribution in [0.1, 0.15) is 5.69 Å². The van der Waals surface area contributed by atoms with Gasteiger partial charge in [0.15, 0.2) is 16.5 Å². The van der Waals surface area contributed by atoms with Crippen LogP contribution in [0.4, 0.5) is 0 Å². The van der Waals surface area contributed by atoms with Crippen LogP contribution in [-0.2, 0) is 0 Å². The maximum Gasteiger partial charge on any atom is 0.190 e. The summed E-state index contributed by atoms with van der Waals surface area (Å²) in [5, 5.41) is 16.4. The van der Waals surface area contributed by atoms with Crippen molar-refractivity contribution >= 4 is 34.4 Å². The van der Waals surface area contributed by atoms with Gasteiger partial charge in [-0.15, -0.1) is 0 Å². The van der Waals surface area contributed by atoms with Crippen LogP contribution in [0.2, 0.25) is 5.15 Å². The molecule has 0 aliphatic rings. The van der Waals surface area contributed by atoms with Crippen LogP contribution in [0, 0.1) is 11.3 Å². The average Bonchev–Trinajstić information content (AvgIpc) is 2.61. The molecule has 0 aliphatic carbocycles. The predicted molar refractivity (Wildman–Crippen MR) is 53.2 cm³/mol. The van der Waals surface area contributed by atoms with Crippen LogP contribution in [0.25, 0.3) is 11.0 Å². The summed E-state index contributed by atoms with van der Waals surface area (Å²) in [6, 6.07) is 1.91. The zero-order valence-electron chi connectivity index (χ0n) is 7.08. The van der Waals surface area contributed by atoms with Crippen LogP contribution in [-0.4, -0.2) is 26.4 Å². The molecule has 2 rings (SSSR count). The molecular weight excluding hydrogens is 222 g/mol. The Morgan fingerprint density at radius 2 is 2.29 bits per heavy atom. The first-order valence-corrected chi connectivity index (χ1v) is 5.22. The summed E-state index contributed by atoms with van der Waals surface area (Å²) in [6.45, 7) is 0. The third kappa shape index (κ3) is 1.31. The van der Waals surface area contributed by atoms with Crippen LogP contribution >= 0.6 is 23.4 Å². The highest BCUT2D eigenvalue weighted by Gasteiger charge is 2.12. The molecule has 0 atom stereocenters. The summed E-state index contributed by atoms with van der Waals surface area (Å²) in [4.78, 5) is 8.13. The summed E-state index contributed by atoms with van der Waals surface area (Å²) in [7, 11) is 0. The number of thioether (sulfide) groups is 1. The average molecular weight is 226 g/mol. The third-order valence-corrected chi connectivity index (χ3v) is 2.46. The molecular formula is C7H4ClN5S. The lowest BCUT2D eigenvalue weighted by Crippen LogP contribution is -1.88. The fourth-order valence-corrected chi connectivity index (χ4v) is 1.72. The van der Waals surface area contributed by atoms with E-state index in [-0.39, 0.29) is 10.8 Å². The number of aromatic amines is 1. The lowest BCUT2D eigenvalue weighted by molar-refractivity contribution is 0.984. The zero-order valence-corrected chi connectivity index (χ0v) is 8.65. The number of nitriles is 1. The van der Waals surface area contributed by atoms with Crippen molar-refractivity contribution in [1.29, 1.82) is 5.26 Å². The van der Waals surface area contributed by atoms with E-state index in [0.717, 1.165) is 0 Å². The van der Waals surface area contributed by atoms with Gasteiger partial charge in [-0.2, -0.15) is 10.4 Å². The van der Waals surface area contributed by atoms with E-state index in [2.05, 4.69) is 20.2 Å². The van der Waals surface area contributed by atoms with E-state index in [1.807, 2.05) is 12.3 Å². The highest BCUT2D eigenvalue weighted by molar-refractivity contribution is 7.98. The molecule has 0 bridgehead atoms. The highest BCUT2D eigenvalue weighted by atomic mass is 35.5. The number of hydrogen-bond acceptors (Lipinski definition) is 5. The first kappa shape index (κ1) is 9.24. The van der Waals surface area contributed by atoms with E-state index >= 15 is 0 Å². The standard InChI is InChI=1S/C7H4ClN5S/c1-14-7-10-5(8)4-3(2-9)12-13-6(4)11-7/h1H3,(H,10,11,12,13). The summed E-state index contributed by atoms with van der Waals surface area (Å²) in [5.41, 5.74) is 0.712. The first-order chi connectivity index (χ1) is 6.76. The summed E-state index contributed by atoms with van der Waals surface area (Å²) in [6.07, 6.45) is 1.85. The van der Waals surface area contributed by atoms with E-state index < -0.39 is 0 Å². The molecule has 0 spiro atoms. The van der Waals surface area contributed by atoms with Crippen LogP contribution in [0.15, 0.2) is 5.16 Å². The SMILES string of the molecule is CSc1nc(Cl)c2c(C#N)n[nH]c2n1. The van der Waals surface area contributed by atoms with Crippen molar-refractivity contribution in [3.63, 3.8) is 0 Å². The van der Waals surface area contributed by atoms with Gasteiger partial charge in [0.1, 0.15) is 11.2 Å². The smallest absolute Gasteiger partial charge is 0.190 e. The number of nitrogens with one attached hydrogen (secondary N) is 1. The molecule has 2 heterocycles. The lowest BCUT2D eigenvalue weighted by Gasteiger charge is -1.96. The summed E-state index contributed by atoms with van der Waals surface area (Å²) < 4.78 is 0. The minimum absolute atomic E-state index is 0.220. The second-order valence-corrected chi connectivity index (χ2v) is 3.54. The van der Waals surface area contributed by atoms with Gasteiger partial charge in [-0.25, -0.2) is 9.97 Å². The zero-order chi connectivity index (χ0) is 10.1. The monoisotopic (exact) mass is 225 g/mol. The summed E-state index contributed by atoms with van der Waals surface area (Å²) >= 11 is 7.27. The molecule has 0 unspecified atom stereocenters. The maximum atomic E-state index is 8.72. The Balaban J connectivity index is 2.80. The number of fused-ring (bicyclic) bond motifs is 1. The molecule has 0 aliphatic heterocycles. The lowest BCUT2D eigenvalue weighted by atomic mass is 10.3. The molecule has 0 aromatic carbocycles. The van der Waals surface area contributed by atoms with Crippen LogP contribution in [0.5, 0.6) is 0 Å². The highest BCUT2D eigenvalue weighted by Crippen LogP contribution is 2.24. The summed E-state index contributed by atoms with van der Waals surface area (Å²) in [5.74, 6) is 0. The minimum Gasteiger partial charge on any atom is -0.259 e. The van der Waals surface area contributed by atoms with E-state index in [0.29, 0.717) is 16.2 Å². The molecule has 2 aromatic rings. The Morgan fingerprint density at radius 3 is 2.93 bits per heavy atom. The van der Waals surface area contributed by atoms with Crippen molar-refractivity contribution in [2.45, 2.75) is 5.16 Å². The van der Waals surface area contributed by atoms with Gasteiger partial charge in [0.25, 0.3) is 0 Å². The molecule has 0 amide bonds. The van der Waals surface area contributed by atoms with Gasteiger partial charge in [-0.05, 0) is 6.26 Å². The fourth-order valence-electron chi connectivity index (χ4n) is 1.04. The van der Waals surface area contributed by atoms with Gasteiger partial charge in [0.05, 0.1) is 5.39 Å². The molecule has 0 saturated carbocycles. The Labute approximate surface area is 88.5 Å². The van der Waals surface area contributed by atoms with E-state index in [1.165, 1.54) is 11.8 Å². The molecule has 70 valence electrons. The van der Waals surface area contributed by atoms with Crippen LogP contribution in [0.3, 0.4) is 0 Å². The molecule has 0 radical (unpaired) electrons. The van der Waals surface area contributed by atoms with Crippen molar-refractivity contribution in [2.24, 2.45) is 0 Å². The second kappa shape index (κ2) is 3.44. The first-order valence-electron chi connectivity index (χ1n) is 3.62. The minimum atomic E-state index is 0.220. The number of aromatic nitrogens is 4. The normalized spacial score (nSPS) is 10.4. The van der Waals surface area contributed by atoms with Gasteiger partial charge >= 0.3 is 0 Å². The Bertz CT molecular complexity index is 529. The number of nitrogens with zero attached hydrogens (tertiary/aromatic N) is 4. The van der Waals surface area contributed by atoms with E-state index in [9.17, 15) is 0 Å². The maximum absolute atomic E-state index is 8.72. The molecule has 7 heteroatoms.